The van der Waals surface area contributed by atoms with Crippen LogP contribution < -0.4 is 0 Å². The fraction of sp³-hybridized carbons (Fsp3) is 0.600. The SMILES string of the molecule is CC(C)(C)OC(=O)N1CC(CC(=O)N2CCC[C@@H]2c2ccccc2)C1. The Bertz CT molecular complexity index is 618. The van der Waals surface area contributed by atoms with Crippen molar-refractivity contribution < 1.29 is 14.3 Å². The summed E-state index contributed by atoms with van der Waals surface area (Å²) in [5.74, 6) is 0.456. The number of ether oxygens (including phenoxy) is 1. The molecule has 1 atom stereocenters. The normalized spacial score (nSPS) is 21.2. The number of rotatable bonds is 3. The van der Waals surface area contributed by atoms with E-state index >= 15 is 0 Å². The molecule has 0 radical (unpaired) electrons. The Hall–Kier alpha value is -2.04. The van der Waals surface area contributed by atoms with Crippen molar-refractivity contribution in [2.75, 3.05) is 19.6 Å². The van der Waals surface area contributed by atoms with Crippen LogP contribution in [-0.4, -0.2) is 47.0 Å². The highest BCUT2D eigenvalue weighted by molar-refractivity contribution is 5.78. The molecule has 1 aromatic carbocycles. The van der Waals surface area contributed by atoms with Crippen LogP contribution in [0.15, 0.2) is 30.3 Å². The Balaban J connectivity index is 1.50. The Morgan fingerprint density at radius 3 is 2.48 bits per heavy atom. The van der Waals surface area contributed by atoms with Gasteiger partial charge in [0.2, 0.25) is 5.91 Å². The van der Waals surface area contributed by atoms with Crippen molar-refractivity contribution in [1.82, 2.24) is 9.80 Å². The molecule has 2 aliphatic heterocycles. The summed E-state index contributed by atoms with van der Waals surface area (Å²) < 4.78 is 5.36. The largest absolute Gasteiger partial charge is 0.444 e. The molecule has 0 spiro atoms. The van der Waals surface area contributed by atoms with Crippen molar-refractivity contribution in [3.05, 3.63) is 35.9 Å². The van der Waals surface area contributed by atoms with Crippen molar-refractivity contribution in [1.29, 1.82) is 0 Å². The second-order valence-electron chi connectivity index (χ2n) is 8.11. The standard InChI is InChI=1S/C20H28N2O3/c1-20(2,3)25-19(24)21-13-15(14-21)12-18(23)22-11-7-10-17(22)16-8-5-4-6-9-16/h4-6,8-9,15,17H,7,10-14H2,1-3H3/t17-/m1/s1. The minimum absolute atomic E-state index is 0.204. The molecular formula is C20H28N2O3. The highest BCUT2D eigenvalue weighted by Crippen LogP contribution is 2.33. The van der Waals surface area contributed by atoms with Gasteiger partial charge in [-0.25, -0.2) is 4.79 Å². The fourth-order valence-electron chi connectivity index (χ4n) is 3.63. The zero-order valence-corrected chi connectivity index (χ0v) is 15.4. The zero-order valence-electron chi connectivity index (χ0n) is 15.4. The maximum atomic E-state index is 12.7. The van der Waals surface area contributed by atoms with Gasteiger partial charge in [-0.05, 0) is 39.2 Å². The van der Waals surface area contributed by atoms with Crippen molar-refractivity contribution in [2.24, 2.45) is 5.92 Å². The van der Waals surface area contributed by atoms with E-state index in [2.05, 4.69) is 12.1 Å². The van der Waals surface area contributed by atoms with Crippen LogP contribution in [0.2, 0.25) is 0 Å². The van der Waals surface area contributed by atoms with Crippen LogP contribution >= 0.6 is 0 Å². The van der Waals surface area contributed by atoms with Crippen molar-refractivity contribution >= 4 is 12.0 Å². The number of carbonyl (C=O) groups is 2. The summed E-state index contributed by atoms with van der Waals surface area (Å²) in [6, 6.07) is 10.5. The van der Waals surface area contributed by atoms with E-state index in [4.69, 9.17) is 4.74 Å². The molecular weight excluding hydrogens is 316 g/mol. The van der Waals surface area contributed by atoms with Crippen molar-refractivity contribution in [3.63, 3.8) is 0 Å². The molecule has 0 aromatic heterocycles. The van der Waals surface area contributed by atoms with Gasteiger partial charge in [-0.2, -0.15) is 0 Å². The molecule has 2 aliphatic rings. The van der Waals surface area contributed by atoms with E-state index in [0.717, 1.165) is 19.4 Å². The highest BCUT2D eigenvalue weighted by atomic mass is 16.6. The molecule has 25 heavy (non-hydrogen) atoms. The lowest BCUT2D eigenvalue weighted by molar-refractivity contribution is -0.134. The van der Waals surface area contributed by atoms with Crippen molar-refractivity contribution in [2.45, 2.75) is 51.7 Å². The lowest BCUT2D eigenvalue weighted by atomic mass is 9.95. The van der Waals surface area contributed by atoms with Crippen LogP contribution in [0.1, 0.15) is 51.6 Å². The number of carbonyl (C=O) groups excluding carboxylic acids is 2. The van der Waals surface area contributed by atoms with Crippen LogP contribution in [0.3, 0.4) is 0 Å². The zero-order chi connectivity index (χ0) is 18.0. The van der Waals surface area contributed by atoms with E-state index in [0.29, 0.717) is 19.5 Å². The third-order valence-electron chi connectivity index (χ3n) is 4.83. The highest BCUT2D eigenvalue weighted by Gasteiger charge is 2.37. The van der Waals surface area contributed by atoms with Gasteiger partial charge in [-0.3, -0.25) is 4.79 Å². The van der Waals surface area contributed by atoms with E-state index in [1.165, 1.54) is 5.56 Å². The van der Waals surface area contributed by atoms with Crippen LogP contribution in [0.4, 0.5) is 4.79 Å². The van der Waals surface area contributed by atoms with Gasteiger partial charge >= 0.3 is 6.09 Å². The van der Waals surface area contributed by atoms with Gasteiger partial charge in [0, 0.05) is 32.0 Å². The summed E-state index contributed by atoms with van der Waals surface area (Å²) in [7, 11) is 0. The second kappa shape index (κ2) is 7.06. The van der Waals surface area contributed by atoms with Crippen LogP contribution in [0, 0.1) is 5.92 Å². The van der Waals surface area contributed by atoms with Gasteiger partial charge in [0.1, 0.15) is 5.60 Å². The number of benzene rings is 1. The lowest BCUT2D eigenvalue weighted by Gasteiger charge is -2.40. The second-order valence-corrected chi connectivity index (χ2v) is 8.11. The molecule has 3 rings (SSSR count). The minimum atomic E-state index is -0.476. The van der Waals surface area contributed by atoms with E-state index in [9.17, 15) is 9.59 Å². The van der Waals surface area contributed by atoms with Crippen LogP contribution in [-0.2, 0) is 9.53 Å². The summed E-state index contributed by atoms with van der Waals surface area (Å²) in [5, 5.41) is 0. The first-order valence-electron chi connectivity index (χ1n) is 9.16. The van der Waals surface area contributed by atoms with Gasteiger partial charge in [0.25, 0.3) is 0 Å². The molecule has 1 aromatic rings. The molecule has 136 valence electrons. The third-order valence-corrected chi connectivity index (χ3v) is 4.83. The molecule has 2 saturated heterocycles. The van der Waals surface area contributed by atoms with E-state index in [1.54, 1.807) is 4.90 Å². The number of hydrogen-bond acceptors (Lipinski definition) is 3. The summed E-state index contributed by atoms with van der Waals surface area (Å²) in [5.41, 5.74) is 0.744. The van der Waals surface area contributed by atoms with E-state index in [-0.39, 0.29) is 24.0 Å². The number of nitrogens with zero attached hydrogens (tertiary/aromatic N) is 2. The summed E-state index contributed by atoms with van der Waals surface area (Å²) >= 11 is 0. The molecule has 0 saturated carbocycles. The molecule has 0 bridgehead atoms. The van der Waals surface area contributed by atoms with Crippen LogP contribution in [0.25, 0.3) is 0 Å². The first-order chi connectivity index (χ1) is 11.8. The summed E-state index contributed by atoms with van der Waals surface area (Å²) in [4.78, 5) is 28.4. The Morgan fingerprint density at radius 2 is 1.84 bits per heavy atom. The van der Waals surface area contributed by atoms with E-state index < -0.39 is 5.60 Å². The lowest BCUT2D eigenvalue weighted by Crippen LogP contribution is -2.52. The molecule has 2 amide bonds. The Labute approximate surface area is 149 Å². The van der Waals surface area contributed by atoms with Gasteiger partial charge in [-0.1, -0.05) is 30.3 Å². The van der Waals surface area contributed by atoms with Gasteiger partial charge < -0.3 is 14.5 Å². The average molecular weight is 344 g/mol. The van der Waals surface area contributed by atoms with Crippen LogP contribution in [0.5, 0.6) is 0 Å². The fourth-order valence-corrected chi connectivity index (χ4v) is 3.63. The molecule has 5 heteroatoms. The Kier molecular flexibility index (Phi) is 5.02. The van der Waals surface area contributed by atoms with Gasteiger partial charge in [0.05, 0.1) is 6.04 Å². The summed E-state index contributed by atoms with van der Waals surface area (Å²) in [6.45, 7) is 7.66. The third kappa shape index (κ3) is 4.33. The van der Waals surface area contributed by atoms with Gasteiger partial charge in [0.15, 0.2) is 0 Å². The smallest absolute Gasteiger partial charge is 0.410 e. The molecule has 2 fully saturated rings. The van der Waals surface area contributed by atoms with Crippen molar-refractivity contribution in [3.8, 4) is 0 Å². The number of amides is 2. The monoisotopic (exact) mass is 344 g/mol. The maximum absolute atomic E-state index is 12.7. The minimum Gasteiger partial charge on any atom is -0.444 e. The molecule has 0 N–H and O–H groups in total. The molecule has 2 heterocycles. The quantitative estimate of drug-likeness (QED) is 0.842. The number of hydrogen-bond donors (Lipinski definition) is 0. The first-order valence-corrected chi connectivity index (χ1v) is 9.16. The average Bonchev–Trinajstić information content (AvgIpc) is 2.99. The predicted molar refractivity (Wildman–Crippen MR) is 96.0 cm³/mol. The first kappa shape index (κ1) is 17.8. The number of likely N-dealkylation sites (tertiary alicyclic amines) is 2. The Morgan fingerprint density at radius 1 is 1.16 bits per heavy atom. The molecule has 0 unspecified atom stereocenters. The predicted octanol–water partition coefficient (Wildman–Crippen LogP) is 3.61. The topological polar surface area (TPSA) is 49.9 Å². The van der Waals surface area contributed by atoms with Gasteiger partial charge in [-0.15, -0.1) is 0 Å². The molecule has 0 aliphatic carbocycles. The molecule has 5 nitrogen and oxygen atoms in total. The summed E-state index contributed by atoms with van der Waals surface area (Å²) in [6.07, 6.45) is 2.33. The maximum Gasteiger partial charge on any atom is 0.410 e. The van der Waals surface area contributed by atoms with E-state index in [1.807, 2.05) is 43.9 Å².